The minimum atomic E-state index is -4.28. The number of rotatable bonds is 9. The second-order valence-electron chi connectivity index (χ2n) is 5.70. The Morgan fingerprint density at radius 2 is 1.63 bits per heavy atom. The van der Waals surface area contributed by atoms with Gasteiger partial charge < -0.3 is 6.16 Å². The van der Waals surface area contributed by atoms with Crippen LogP contribution in [0.5, 0.6) is 0 Å². The molecule has 154 valence electrons. The van der Waals surface area contributed by atoms with E-state index in [4.69, 9.17) is 9.29 Å². The number of hydrogen-bond acceptors (Lipinski definition) is 7. The predicted molar refractivity (Wildman–Crippen MR) is 93.6 cm³/mol. The first kappa shape index (κ1) is 28.6. The molecule has 1 fully saturated rings. The van der Waals surface area contributed by atoms with Gasteiger partial charge in [0.15, 0.2) is 0 Å². The van der Waals surface area contributed by atoms with E-state index in [1.807, 2.05) is 13.8 Å². The van der Waals surface area contributed by atoms with E-state index in [0.717, 1.165) is 12.8 Å². The van der Waals surface area contributed by atoms with Crippen molar-refractivity contribution in [2.24, 2.45) is 11.3 Å². The first-order valence-electron chi connectivity index (χ1n) is 8.41. The van der Waals surface area contributed by atoms with Crippen molar-refractivity contribution >= 4 is 28.2 Å². The number of carbonyl (C=O) groups excluding carboxylic acids is 3. The minimum absolute atomic E-state index is 0. The van der Waals surface area contributed by atoms with Crippen LogP contribution in [0.25, 0.3) is 0 Å². The van der Waals surface area contributed by atoms with Crippen molar-refractivity contribution in [1.82, 2.24) is 10.6 Å². The first-order valence-corrected chi connectivity index (χ1v) is 9.78. The smallest absolute Gasteiger partial charge is 1.00 e. The van der Waals surface area contributed by atoms with Gasteiger partial charge in [-0.2, -0.15) is 8.42 Å². The summed E-state index contributed by atoms with van der Waals surface area (Å²) in [7, 11) is -4.28. The second kappa shape index (κ2) is 13.6. The molecule has 10 nitrogen and oxygen atoms in total. The molecule has 1 unspecified atom stereocenters. The zero-order valence-corrected chi connectivity index (χ0v) is 19.3. The van der Waals surface area contributed by atoms with Crippen LogP contribution in [0.15, 0.2) is 0 Å². The molecule has 12 heteroatoms. The summed E-state index contributed by atoms with van der Waals surface area (Å²) in [6, 6.07) is -0.720. The maximum atomic E-state index is 11.9. The normalized spacial score (nSPS) is 17.0. The van der Waals surface area contributed by atoms with Crippen molar-refractivity contribution in [1.29, 1.82) is 0 Å². The van der Waals surface area contributed by atoms with Gasteiger partial charge in [-0.3, -0.25) is 24.8 Å². The number of imide groups is 2. The van der Waals surface area contributed by atoms with Crippen LogP contribution < -0.4 is 40.2 Å². The molecule has 4 amide bonds. The molecule has 1 aliphatic heterocycles. The molecule has 27 heavy (non-hydrogen) atoms. The van der Waals surface area contributed by atoms with Gasteiger partial charge in [0.05, 0.1) is 13.2 Å². The molecule has 1 atom stereocenters. The van der Waals surface area contributed by atoms with E-state index in [1.165, 1.54) is 0 Å². The predicted octanol–water partition coefficient (Wildman–Crippen LogP) is -1.86. The van der Waals surface area contributed by atoms with Gasteiger partial charge >= 0.3 is 46.0 Å². The summed E-state index contributed by atoms with van der Waals surface area (Å²) in [6.07, 6.45) is 2.08. The van der Waals surface area contributed by atoms with Gasteiger partial charge in [0.25, 0.3) is 0 Å². The molecule has 0 radical (unpaired) electrons. The fraction of sp³-hybridized carbons (Fsp3) is 0.800. The van der Waals surface area contributed by atoms with Crippen LogP contribution in [0.1, 0.15) is 48.4 Å². The topological polar surface area (TPSA) is 148 Å². The standard InChI is InChI=1S/C11H18N2O3.C4H10O5S.Na.H/c1-4-6-7(3)11(5-2)8(14)12-10(16)13-9(11)15;1-2-8-3-4-9-10(5,6)7;;/h7H,4-6H2,1-3H3,(H2,12,13,14,15,16);2-4H2,1H3,(H,5,6,7);;/q;;+1;-1. The monoisotopic (exact) mass is 420 g/mol. The van der Waals surface area contributed by atoms with Gasteiger partial charge in [-0.15, -0.1) is 0 Å². The molecule has 1 aliphatic rings. The first-order chi connectivity index (χ1) is 12.0. The average Bonchev–Trinajstić information content (AvgIpc) is 2.52. The van der Waals surface area contributed by atoms with Crippen LogP contribution in [0, 0.1) is 11.3 Å². The summed E-state index contributed by atoms with van der Waals surface area (Å²) in [5, 5.41) is 4.36. The van der Waals surface area contributed by atoms with Gasteiger partial charge in [-0.25, -0.2) is 8.98 Å². The van der Waals surface area contributed by atoms with E-state index in [0.29, 0.717) is 13.0 Å². The van der Waals surface area contributed by atoms with E-state index < -0.39 is 33.7 Å². The van der Waals surface area contributed by atoms with Gasteiger partial charge in [0.1, 0.15) is 5.41 Å². The fourth-order valence-corrected chi connectivity index (χ4v) is 2.98. The summed E-state index contributed by atoms with van der Waals surface area (Å²) < 4.78 is 36.4. The molecule has 0 aromatic rings. The summed E-state index contributed by atoms with van der Waals surface area (Å²) in [5.41, 5.74) is -1.09. The van der Waals surface area contributed by atoms with Crippen molar-refractivity contribution in [3.8, 4) is 0 Å². The molecule has 0 saturated carbocycles. The summed E-state index contributed by atoms with van der Waals surface area (Å²) in [6.45, 7) is 7.96. The Hall–Kier alpha value is -0.560. The third-order valence-corrected chi connectivity index (χ3v) is 4.51. The molecule has 1 rings (SSSR count). The number of ether oxygens (including phenoxy) is 1. The van der Waals surface area contributed by atoms with Gasteiger partial charge in [0.2, 0.25) is 11.8 Å². The zero-order chi connectivity index (χ0) is 20.4. The molecule has 1 heterocycles. The number of hydrogen-bond donors (Lipinski definition) is 3. The van der Waals surface area contributed by atoms with Crippen LogP contribution in [0.4, 0.5) is 4.79 Å². The second-order valence-corrected chi connectivity index (χ2v) is 6.79. The molecule has 0 spiro atoms. The van der Waals surface area contributed by atoms with Crippen molar-refractivity contribution in [2.75, 3.05) is 19.8 Å². The number of barbiturate groups is 1. The Balaban J connectivity index is -0.000000458. The SMILES string of the molecule is CCCC(C)C1(CC)C(=O)NC(=O)NC1=O.CCOCCOS(=O)(=O)O.[H-].[Na+]. The molecular weight excluding hydrogens is 391 g/mol. The van der Waals surface area contributed by atoms with E-state index in [1.54, 1.807) is 13.8 Å². The Morgan fingerprint density at radius 3 is 2.00 bits per heavy atom. The van der Waals surface area contributed by atoms with Crippen molar-refractivity contribution in [3.63, 3.8) is 0 Å². The van der Waals surface area contributed by atoms with Gasteiger partial charge in [-0.1, -0.05) is 27.2 Å². The van der Waals surface area contributed by atoms with Crippen molar-refractivity contribution < 1.29 is 67.3 Å². The van der Waals surface area contributed by atoms with E-state index in [9.17, 15) is 22.8 Å². The molecule has 0 aromatic carbocycles. The van der Waals surface area contributed by atoms with Crippen LogP contribution in [0.3, 0.4) is 0 Å². The molecule has 1 saturated heterocycles. The maximum Gasteiger partial charge on any atom is 1.00 e. The van der Waals surface area contributed by atoms with Crippen LogP contribution in [-0.4, -0.2) is 50.6 Å². The number of urea groups is 1. The Kier molecular flexibility index (Phi) is 14.4. The molecule has 0 aliphatic carbocycles. The van der Waals surface area contributed by atoms with Crippen LogP contribution in [0.2, 0.25) is 0 Å². The Labute approximate surface area is 183 Å². The third-order valence-electron chi connectivity index (χ3n) is 4.05. The van der Waals surface area contributed by atoms with Crippen LogP contribution in [-0.2, 0) is 28.9 Å². The Bertz CT molecular complexity index is 583. The molecule has 0 aromatic heterocycles. The minimum Gasteiger partial charge on any atom is -1.00 e. The van der Waals surface area contributed by atoms with Crippen molar-refractivity contribution in [3.05, 3.63) is 0 Å². The average molecular weight is 420 g/mol. The fourth-order valence-electron chi connectivity index (χ4n) is 2.70. The van der Waals surface area contributed by atoms with E-state index in [-0.39, 0.29) is 50.1 Å². The largest absolute Gasteiger partial charge is 1.00 e. The Morgan fingerprint density at radius 1 is 1.11 bits per heavy atom. The quantitative estimate of drug-likeness (QED) is 0.170. The van der Waals surface area contributed by atoms with Crippen LogP contribution >= 0.6 is 0 Å². The summed E-state index contributed by atoms with van der Waals surface area (Å²) >= 11 is 0. The van der Waals surface area contributed by atoms with E-state index >= 15 is 0 Å². The number of nitrogens with one attached hydrogen (secondary N) is 2. The van der Waals surface area contributed by atoms with E-state index in [2.05, 4.69) is 14.8 Å². The summed E-state index contributed by atoms with van der Waals surface area (Å²) in [4.78, 5) is 34.8. The summed E-state index contributed by atoms with van der Waals surface area (Å²) in [5.74, 6) is -1.01. The number of carbonyl (C=O) groups is 3. The molecule has 0 bridgehead atoms. The maximum absolute atomic E-state index is 11.9. The molecular formula is C15H29N2NaO8S. The zero-order valence-electron chi connectivity index (χ0n) is 17.5. The van der Waals surface area contributed by atoms with Crippen molar-refractivity contribution in [2.45, 2.75) is 47.0 Å². The molecule has 3 N–H and O–H groups in total. The number of amides is 4. The van der Waals surface area contributed by atoms with Gasteiger partial charge in [0, 0.05) is 6.61 Å². The third kappa shape index (κ3) is 9.46. The van der Waals surface area contributed by atoms with Gasteiger partial charge in [-0.05, 0) is 25.7 Å².